The first-order chi connectivity index (χ1) is 11.9. The van der Waals surface area contributed by atoms with Crippen molar-refractivity contribution < 1.29 is 14.3 Å². The van der Waals surface area contributed by atoms with Crippen molar-refractivity contribution in [3.05, 3.63) is 60.7 Å². The fourth-order valence-electron chi connectivity index (χ4n) is 3.79. The Balaban J connectivity index is 2.12. The van der Waals surface area contributed by atoms with Gasteiger partial charge in [-0.05, 0) is 21.8 Å². The molecule has 0 aliphatic carbocycles. The van der Waals surface area contributed by atoms with E-state index in [-0.39, 0.29) is 11.1 Å². The van der Waals surface area contributed by atoms with Crippen molar-refractivity contribution in [3.8, 4) is 0 Å². The lowest BCUT2D eigenvalue weighted by molar-refractivity contribution is -0.149. The van der Waals surface area contributed by atoms with E-state index >= 15 is 0 Å². The molecule has 0 saturated carbocycles. The topological polar surface area (TPSA) is 38.7 Å². The molecular formula is C21H28O3Si. The summed E-state index contributed by atoms with van der Waals surface area (Å²) in [6.07, 6.45) is 0.638. The van der Waals surface area contributed by atoms with Crippen LogP contribution in [0.15, 0.2) is 60.7 Å². The Bertz CT molecular complexity index is 627. The summed E-state index contributed by atoms with van der Waals surface area (Å²) in [7, 11) is -2.53. The van der Waals surface area contributed by atoms with Crippen molar-refractivity contribution in [2.75, 3.05) is 6.61 Å². The Hall–Kier alpha value is -1.46. The molecule has 4 heteroatoms. The maximum absolute atomic E-state index is 9.93. The van der Waals surface area contributed by atoms with E-state index in [1.54, 1.807) is 0 Å². The van der Waals surface area contributed by atoms with Crippen LogP contribution in [0.5, 0.6) is 0 Å². The van der Waals surface area contributed by atoms with Gasteiger partial charge in [-0.2, -0.15) is 0 Å². The van der Waals surface area contributed by atoms with E-state index in [1.807, 2.05) is 0 Å². The first-order valence-corrected chi connectivity index (χ1v) is 10.9. The summed E-state index contributed by atoms with van der Waals surface area (Å²) in [4.78, 5) is 0. The predicted molar refractivity (Wildman–Crippen MR) is 104 cm³/mol. The molecule has 3 rings (SSSR count). The molecule has 1 N–H and O–H groups in total. The fourth-order valence-corrected chi connectivity index (χ4v) is 8.52. The van der Waals surface area contributed by atoms with Gasteiger partial charge >= 0.3 is 0 Å². The van der Waals surface area contributed by atoms with Crippen molar-refractivity contribution in [1.82, 2.24) is 0 Å². The second-order valence-corrected chi connectivity index (χ2v) is 12.0. The molecule has 134 valence electrons. The molecule has 1 aliphatic heterocycles. The lowest BCUT2D eigenvalue weighted by Gasteiger charge is -2.46. The maximum Gasteiger partial charge on any atom is 0.261 e. The number of rotatable bonds is 4. The molecular weight excluding hydrogens is 328 g/mol. The van der Waals surface area contributed by atoms with Crippen LogP contribution in [0.2, 0.25) is 5.04 Å². The molecule has 0 radical (unpaired) electrons. The van der Waals surface area contributed by atoms with Crippen molar-refractivity contribution >= 4 is 18.7 Å². The molecule has 1 aliphatic rings. The molecule has 25 heavy (non-hydrogen) atoms. The second-order valence-electron chi connectivity index (χ2n) is 7.75. The molecule has 3 nitrogen and oxygen atoms in total. The van der Waals surface area contributed by atoms with Gasteiger partial charge in [-0.1, -0.05) is 81.4 Å². The number of benzene rings is 2. The van der Waals surface area contributed by atoms with Crippen LogP contribution in [-0.2, 0) is 9.16 Å². The number of hydrogen-bond acceptors (Lipinski definition) is 3. The summed E-state index contributed by atoms with van der Waals surface area (Å²) < 4.78 is 12.3. The highest BCUT2D eigenvalue weighted by atomic mass is 28.4. The third kappa shape index (κ3) is 3.72. The first kappa shape index (κ1) is 18.3. The van der Waals surface area contributed by atoms with Crippen LogP contribution in [0.1, 0.15) is 33.6 Å². The molecule has 0 aromatic heterocycles. The average molecular weight is 357 g/mol. The third-order valence-electron chi connectivity index (χ3n) is 4.97. The van der Waals surface area contributed by atoms with Crippen LogP contribution >= 0.6 is 0 Å². The van der Waals surface area contributed by atoms with E-state index < -0.39 is 14.6 Å². The lowest BCUT2D eigenvalue weighted by Crippen LogP contribution is -2.68. The monoisotopic (exact) mass is 356 g/mol. The molecule has 1 fully saturated rings. The van der Waals surface area contributed by atoms with Gasteiger partial charge < -0.3 is 14.3 Å². The Morgan fingerprint density at radius 2 is 1.48 bits per heavy atom. The SMILES string of the molecule is CC(C)(C)[Si](OC1CCOC(O)C1)(c1ccccc1)c1ccccc1. The third-order valence-corrected chi connectivity index (χ3v) is 10.1. The minimum absolute atomic E-state index is 0.00931. The quantitative estimate of drug-likeness (QED) is 0.856. The number of hydrogen-bond donors (Lipinski definition) is 1. The summed E-state index contributed by atoms with van der Waals surface area (Å²) in [6, 6.07) is 21.2. The highest BCUT2D eigenvalue weighted by molar-refractivity contribution is 6.99. The Kier molecular flexibility index (Phi) is 5.44. The smallest absolute Gasteiger partial charge is 0.261 e. The van der Waals surface area contributed by atoms with E-state index in [0.717, 1.165) is 6.42 Å². The van der Waals surface area contributed by atoms with Crippen molar-refractivity contribution in [2.45, 2.75) is 51.0 Å². The Morgan fingerprint density at radius 1 is 0.960 bits per heavy atom. The zero-order valence-electron chi connectivity index (χ0n) is 15.3. The maximum atomic E-state index is 9.93. The number of ether oxygens (including phenoxy) is 1. The molecule has 0 amide bonds. The van der Waals surface area contributed by atoms with Crippen molar-refractivity contribution in [3.63, 3.8) is 0 Å². The molecule has 0 bridgehead atoms. The van der Waals surface area contributed by atoms with E-state index in [1.165, 1.54) is 10.4 Å². The van der Waals surface area contributed by atoms with Gasteiger partial charge in [-0.3, -0.25) is 0 Å². The van der Waals surface area contributed by atoms with Crippen LogP contribution in [0.4, 0.5) is 0 Å². The molecule has 1 heterocycles. The predicted octanol–water partition coefficient (Wildman–Crippen LogP) is 3.06. The largest absolute Gasteiger partial charge is 0.404 e. The van der Waals surface area contributed by atoms with Gasteiger partial charge in [0, 0.05) is 6.42 Å². The normalized spacial score (nSPS) is 21.9. The van der Waals surface area contributed by atoms with E-state index in [0.29, 0.717) is 13.0 Å². The summed E-state index contributed by atoms with van der Waals surface area (Å²) in [6.45, 7) is 7.36. The van der Waals surface area contributed by atoms with Crippen LogP contribution in [-0.4, -0.2) is 32.4 Å². The van der Waals surface area contributed by atoms with E-state index in [2.05, 4.69) is 81.4 Å². The average Bonchev–Trinajstić information content (AvgIpc) is 2.60. The molecule has 1 saturated heterocycles. The van der Waals surface area contributed by atoms with Crippen LogP contribution in [0, 0.1) is 0 Å². The van der Waals surface area contributed by atoms with Gasteiger partial charge in [0.05, 0.1) is 12.7 Å². The zero-order valence-corrected chi connectivity index (χ0v) is 16.3. The van der Waals surface area contributed by atoms with Gasteiger partial charge in [0.15, 0.2) is 6.29 Å². The van der Waals surface area contributed by atoms with Gasteiger partial charge in [-0.15, -0.1) is 0 Å². The standard InChI is InChI=1S/C21H28O3Si/c1-21(2,3)25(18-10-6-4-7-11-18,19-12-8-5-9-13-19)24-17-14-15-23-20(22)16-17/h4-13,17,20,22H,14-16H2,1-3H3. The van der Waals surface area contributed by atoms with Crippen molar-refractivity contribution in [1.29, 1.82) is 0 Å². The minimum Gasteiger partial charge on any atom is -0.404 e. The van der Waals surface area contributed by atoms with Gasteiger partial charge in [-0.25, -0.2) is 0 Å². The molecule has 2 aromatic rings. The Labute approximate surface area is 151 Å². The van der Waals surface area contributed by atoms with Gasteiger partial charge in [0.25, 0.3) is 8.32 Å². The molecule has 0 spiro atoms. The number of aliphatic hydroxyl groups is 1. The van der Waals surface area contributed by atoms with E-state index in [9.17, 15) is 5.11 Å². The molecule has 2 unspecified atom stereocenters. The summed E-state index contributed by atoms with van der Waals surface area (Å²) in [5.74, 6) is 0. The second kappa shape index (κ2) is 7.42. The minimum atomic E-state index is -2.53. The zero-order chi connectivity index (χ0) is 17.9. The first-order valence-electron chi connectivity index (χ1n) is 9.02. The summed E-state index contributed by atoms with van der Waals surface area (Å²) in [5.41, 5.74) is 0. The van der Waals surface area contributed by atoms with Crippen LogP contribution in [0.3, 0.4) is 0 Å². The summed E-state index contributed by atoms with van der Waals surface area (Å²) in [5, 5.41) is 12.4. The highest BCUT2D eigenvalue weighted by Crippen LogP contribution is 2.38. The fraction of sp³-hybridized carbons (Fsp3) is 0.429. The summed E-state index contributed by atoms with van der Waals surface area (Å²) >= 11 is 0. The molecule has 2 atom stereocenters. The number of aliphatic hydroxyl groups excluding tert-OH is 1. The van der Waals surface area contributed by atoms with Crippen LogP contribution < -0.4 is 10.4 Å². The Morgan fingerprint density at radius 3 is 1.92 bits per heavy atom. The molecule has 2 aromatic carbocycles. The van der Waals surface area contributed by atoms with Gasteiger partial charge in [0.2, 0.25) is 0 Å². The van der Waals surface area contributed by atoms with Crippen LogP contribution in [0.25, 0.3) is 0 Å². The van der Waals surface area contributed by atoms with Gasteiger partial charge in [0.1, 0.15) is 0 Å². The lowest BCUT2D eigenvalue weighted by atomic mass is 10.1. The highest BCUT2D eigenvalue weighted by Gasteiger charge is 2.51. The van der Waals surface area contributed by atoms with Crippen molar-refractivity contribution in [2.24, 2.45) is 0 Å². The van der Waals surface area contributed by atoms with E-state index in [4.69, 9.17) is 9.16 Å².